The van der Waals surface area contributed by atoms with Gasteiger partial charge in [-0.2, -0.15) is 0 Å². The van der Waals surface area contributed by atoms with Gasteiger partial charge >= 0.3 is 0 Å². The Morgan fingerprint density at radius 3 is 3.00 bits per heavy atom. The molecule has 0 unspecified atom stereocenters. The third-order valence-corrected chi connectivity index (χ3v) is 4.39. The lowest BCUT2D eigenvalue weighted by Gasteiger charge is -2.03. The summed E-state index contributed by atoms with van der Waals surface area (Å²) in [6, 6.07) is 10.1. The van der Waals surface area contributed by atoms with E-state index in [1.165, 1.54) is 4.88 Å². The normalized spacial score (nSPS) is 11.2. The number of benzene rings is 1. The number of H-pyrrole nitrogens is 1. The van der Waals surface area contributed by atoms with Gasteiger partial charge in [-0.15, -0.1) is 11.3 Å². The lowest BCUT2D eigenvalue weighted by atomic mass is 10.3. The van der Waals surface area contributed by atoms with Crippen LogP contribution in [-0.4, -0.2) is 9.55 Å². The van der Waals surface area contributed by atoms with E-state index in [2.05, 4.69) is 27.1 Å². The molecule has 0 aliphatic carbocycles. The van der Waals surface area contributed by atoms with Gasteiger partial charge in [0.2, 0.25) is 0 Å². The van der Waals surface area contributed by atoms with E-state index >= 15 is 0 Å². The largest absolute Gasteiger partial charge is 0.331 e. The molecule has 0 aliphatic rings. The van der Waals surface area contributed by atoms with Gasteiger partial charge in [-0.3, -0.25) is 0 Å². The van der Waals surface area contributed by atoms with Crippen LogP contribution in [0.25, 0.3) is 11.0 Å². The number of halogens is 1. The first-order valence-corrected chi connectivity index (χ1v) is 7.31. The van der Waals surface area contributed by atoms with Crippen LogP contribution in [0.5, 0.6) is 0 Å². The van der Waals surface area contributed by atoms with Crippen LogP contribution in [0.4, 0.5) is 0 Å². The maximum absolute atomic E-state index is 5.98. The molecule has 0 amide bonds. The van der Waals surface area contributed by atoms with Gasteiger partial charge in [0.25, 0.3) is 0 Å². The number of fused-ring (bicyclic) bond motifs is 1. The standard InChI is InChI=1S/C13H11ClN2S2/c14-9-3-4-12-11(8-9)15-13(17)16(12)6-5-10-2-1-7-18-10/h1-4,7-8H,5-6H2,(H,15,17). The van der Waals surface area contributed by atoms with Gasteiger partial charge in [0, 0.05) is 16.4 Å². The molecule has 0 aliphatic heterocycles. The first-order valence-electron chi connectivity index (χ1n) is 5.64. The fourth-order valence-corrected chi connectivity index (χ4v) is 3.20. The summed E-state index contributed by atoms with van der Waals surface area (Å²) in [5, 5.41) is 2.83. The first-order chi connectivity index (χ1) is 8.74. The van der Waals surface area contributed by atoms with Gasteiger partial charge in [0.05, 0.1) is 11.0 Å². The molecule has 0 spiro atoms. The molecule has 1 N–H and O–H groups in total. The highest BCUT2D eigenvalue weighted by Gasteiger charge is 2.05. The SMILES string of the molecule is S=c1[nH]c2cc(Cl)ccc2n1CCc1cccs1. The fourth-order valence-electron chi connectivity index (χ4n) is 2.03. The minimum atomic E-state index is 0.726. The number of hydrogen-bond donors (Lipinski definition) is 1. The molecule has 2 aromatic heterocycles. The second kappa shape index (κ2) is 4.88. The van der Waals surface area contributed by atoms with Crippen molar-refractivity contribution in [2.24, 2.45) is 0 Å². The number of nitrogens with one attached hydrogen (secondary N) is 1. The molecule has 5 heteroatoms. The van der Waals surface area contributed by atoms with Crippen LogP contribution in [0.1, 0.15) is 4.88 Å². The van der Waals surface area contributed by atoms with Crippen LogP contribution in [0, 0.1) is 4.77 Å². The maximum Gasteiger partial charge on any atom is 0.178 e. The Morgan fingerprint density at radius 2 is 2.22 bits per heavy atom. The molecule has 2 heterocycles. The van der Waals surface area contributed by atoms with Crippen LogP contribution >= 0.6 is 35.2 Å². The average molecular weight is 295 g/mol. The van der Waals surface area contributed by atoms with Crippen molar-refractivity contribution in [3.8, 4) is 0 Å². The Kier molecular flexibility index (Phi) is 3.24. The molecule has 0 radical (unpaired) electrons. The van der Waals surface area contributed by atoms with E-state index in [1.54, 1.807) is 11.3 Å². The molecule has 92 valence electrons. The van der Waals surface area contributed by atoms with Crippen LogP contribution in [0.3, 0.4) is 0 Å². The minimum Gasteiger partial charge on any atom is -0.331 e. The molecule has 18 heavy (non-hydrogen) atoms. The van der Waals surface area contributed by atoms with Crippen molar-refractivity contribution >= 4 is 46.2 Å². The molecule has 2 nitrogen and oxygen atoms in total. The van der Waals surface area contributed by atoms with Crippen molar-refractivity contribution in [3.05, 3.63) is 50.4 Å². The predicted octanol–water partition coefficient (Wildman–Crippen LogP) is 4.66. The lowest BCUT2D eigenvalue weighted by Crippen LogP contribution is -2.00. The number of nitrogens with zero attached hydrogens (tertiary/aromatic N) is 1. The summed E-state index contributed by atoms with van der Waals surface area (Å²) in [4.78, 5) is 4.57. The number of rotatable bonds is 3. The van der Waals surface area contributed by atoms with Gasteiger partial charge in [0.15, 0.2) is 4.77 Å². The van der Waals surface area contributed by atoms with Crippen molar-refractivity contribution in [2.45, 2.75) is 13.0 Å². The Balaban J connectivity index is 1.96. The van der Waals surface area contributed by atoms with E-state index in [0.29, 0.717) is 0 Å². The van der Waals surface area contributed by atoms with Gasteiger partial charge in [-0.05, 0) is 48.3 Å². The molecule has 0 saturated heterocycles. The van der Waals surface area contributed by atoms with Crippen LogP contribution in [0.2, 0.25) is 5.02 Å². The summed E-state index contributed by atoms with van der Waals surface area (Å²) < 4.78 is 2.88. The monoisotopic (exact) mass is 294 g/mol. The molecule has 0 bridgehead atoms. The summed E-state index contributed by atoms with van der Waals surface area (Å²) in [6.45, 7) is 0.890. The summed E-state index contributed by atoms with van der Waals surface area (Å²) in [5.74, 6) is 0. The Labute approximate surface area is 119 Å². The molecule has 3 aromatic rings. The quantitative estimate of drug-likeness (QED) is 0.697. The van der Waals surface area contributed by atoms with E-state index in [4.69, 9.17) is 23.8 Å². The summed E-state index contributed by atoms with van der Waals surface area (Å²) in [5.41, 5.74) is 2.11. The van der Waals surface area contributed by atoms with Gasteiger partial charge in [-0.25, -0.2) is 0 Å². The van der Waals surface area contributed by atoms with Crippen LogP contribution in [-0.2, 0) is 13.0 Å². The number of hydrogen-bond acceptors (Lipinski definition) is 2. The fraction of sp³-hybridized carbons (Fsp3) is 0.154. The van der Waals surface area contributed by atoms with Crippen LogP contribution in [0.15, 0.2) is 35.7 Å². The first kappa shape index (κ1) is 12.0. The Bertz CT molecular complexity index is 725. The Hall–Kier alpha value is -1.10. The number of aromatic amines is 1. The highest BCUT2D eigenvalue weighted by molar-refractivity contribution is 7.71. The minimum absolute atomic E-state index is 0.726. The van der Waals surface area contributed by atoms with Crippen molar-refractivity contribution in [1.29, 1.82) is 0 Å². The van der Waals surface area contributed by atoms with E-state index < -0.39 is 0 Å². The topological polar surface area (TPSA) is 20.7 Å². The summed E-state index contributed by atoms with van der Waals surface area (Å²) in [7, 11) is 0. The summed E-state index contributed by atoms with van der Waals surface area (Å²) >= 11 is 13.1. The number of aromatic nitrogens is 2. The third kappa shape index (κ3) is 2.23. The zero-order valence-corrected chi connectivity index (χ0v) is 11.9. The summed E-state index contributed by atoms with van der Waals surface area (Å²) in [6.07, 6.45) is 1.00. The highest BCUT2D eigenvalue weighted by Crippen LogP contribution is 2.20. The molecule has 1 aromatic carbocycles. The number of thiophene rings is 1. The predicted molar refractivity (Wildman–Crippen MR) is 80.2 cm³/mol. The molecular weight excluding hydrogens is 284 g/mol. The van der Waals surface area contributed by atoms with E-state index in [-0.39, 0.29) is 0 Å². The molecule has 0 saturated carbocycles. The number of aryl methyl sites for hydroxylation is 2. The van der Waals surface area contributed by atoms with Gasteiger partial charge in [0.1, 0.15) is 0 Å². The zero-order chi connectivity index (χ0) is 12.5. The van der Waals surface area contributed by atoms with E-state index in [1.807, 2.05) is 18.2 Å². The third-order valence-electron chi connectivity index (χ3n) is 2.90. The zero-order valence-electron chi connectivity index (χ0n) is 9.52. The average Bonchev–Trinajstić information content (AvgIpc) is 2.93. The molecular formula is C13H11ClN2S2. The molecule has 3 rings (SSSR count). The van der Waals surface area contributed by atoms with Crippen molar-refractivity contribution in [3.63, 3.8) is 0 Å². The highest BCUT2D eigenvalue weighted by atomic mass is 35.5. The van der Waals surface area contributed by atoms with Crippen molar-refractivity contribution in [2.75, 3.05) is 0 Å². The smallest absolute Gasteiger partial charge is 0.178 e. The van der Waals surface area contributed by atoms with Crippen molar-refractivity contribution < 1.29 is 0 Å². The second-order valence-corrected chi connectivity index (χ2v) is 5.93. The van der Waals surface area contributed by atoms with Gasteiger partial charge in [-0.1, -0.05) is 17.7 Å². The Morgan fingerprint density at radius 1 is 1.33 bits per heavy atom. The molecule has 0 fully saturated rings. The maximum atomic E-state index is 5.98. The molecule has 0 atom stereocenters. The van der Waals surface area contributed by atoms with Crippen molar-refractivity contribution in [1.82, 2.24) is 9.55 Å². The lowest BCUT2D eigenvalue weighted by molar-refractivity contribution is 0.712. The second-order valence-electron chi connectivity index (χ2n) is 4.07. The van der Waals surface area contributed by atoms with E-state index in [9.17, 15) is 0 Å². The van der Waals surface area contributed by atoms with Crippen LogP contribution < -0.4 is 0 Å². The van der Waals surface area contributed by atoms with E-state index in [0.717, 1.165) is 33.8 Å². The van der Waals surface area contributed by atoms with Gasteiger partial charge < -0.3 is 9.55 Å². The number of imidazole rings is 1.